The number of hydrogen-bond donors (Lipinski definition) is 0. The number of nitrogens with zero attached hydrogens (tertiary/aromatic N) is 1. The van der Waals surface area contributed by atoms with Crippen LogP contribution in [0.2, 0.25) is 0 Å². The van der Waals surface area contributed by atoms with Gasteiger partial charge < -0.3 is 9.64 Å². The Balaban J connectivity index is 1.92. The zero-order chi connectivity index (χ0) is 18.9. The van der Waals surface area contributed by atoms with Crippen molar-refractivity contribution in [3.8, 4) is 11.5 Å². The number of ether oxygens (including phenoxy) is 1. The summed E-state index contributed by atoms with van der Waals surface area (Å²) in [5.74, 6) is -1.89. The quantitative estimate of drug-likeness (QED) is 0.623. The van der Waals surface area contributed by atoms with Crippen molar-refractivity contribution in [2.75, 3.05) is 14.1 Å². The largest absolute Gasteiger partial charge is 0.457 e. The highest BCUT2D eigenvalue weighted by Crippen LogP contribution is 2.33. The van der Waals surface area contributed by atoms with Gasteiger partial charge in [-0.1, -0.05) is 12.1 Å². The molecule has 0 unspecified atom stereocenters. The van der Waals surface area contributed by atoms with Gasteiger partial charge in [-0.25, -0.2) is 8.78 Å². The molecule has 0 fully saturated rings. The molecule has 3 aromatic rings. The molecular weight excluding hydrogens is 336 g/mol. The van der Waals surface area contributed by atoms with Gasteiger partial charge in [0.2, 0.25) is 0 Å². The summed E-state index contributed by atoms with van der Waals surface area (Å²) in [6, 6.07) is 16.7. The Morgan fingerprint density at radius 1 is 1.00 bits per heavy atom. The number of carbonyl (C=O) groups is 1. The Morgan fingerprint density at radius 3 is 2.31 bits per heavy atom. The van der Waals surface area contributed by atoms with Gasteiger partial charge in [0.05, 0.1) is 0 Å². The monoisotopic (exact) mass is 355 g/mol. The molecule has 0 aromatic heterocycles. The van der Waals surface area contributed by atoms with E-state index in [4.69, 9.17) is 4.74 Å². The second kappa shape index (κ2) is 6.75. The molecule has 1 amide bonds. The number of alkyl halides is 2. The van der Waals surface area contributed by atoms with E-state index >= 15 is 0 Å². The second-order valence-electron chi connectivity index (χ2n) is 6.41. The number of hydrogen-bond acceptors (Lipinski definition) is 2. The van der Waals surface area contributed by atoms with Gasteiger partial charge in [0.15, 0.2) is 0 Å². The lowest BCUT2D eigenvalue weighted by Crippen LogP contribution is -2.21. The highest BCUT2D eigenvalue weighted by atomic mass is 19.3. The van der Waals surface area contributed by atoms with E-state index in [-0.39, 0.29) is 11.5 Å². The van der Waals surface area contributed by atoms with Crippen LogP contribution < -0.4 is 4.74 Å². The summed E-state index contributed by atoms with van der Waals surface area (Å²) in [5.41, 5.74) is 0.531. The predicted molar refractivity (Wildman–Crippen MR) is 98.0 cm³/mol. The Hall–Kier alpha value is -2.95. The molecule has 0 aliphatic rings. The smallest absolute Gasteiger partial charge is 0.270 e. The molecule has 0 atom stereocenters. The molecule has 3 aromatic carbocycles. The third kappa shape index (κ3) is 3.67. The summed E-state index contributed by atoms with van der Waals surface area (Å²) < 4.78 is 32.5. The molecule has 0 radical (unpaired) electrons. The fourth-order valence-corrected chi connectivity index (χ4v) is 2.68. The van der Waals surface area contributed by atoms with E-state index in [9.17, 15) is 13.6 Å². The van der Waals surface area contributed by atoms with Crippen LogP contribution >= 0.6 is 0 Å². The van der Waals surface area contributed by atoms with Crippen molar-refractivity contribution < 1.29 is 18.3 Å². The molecule has 0 saturated heterocycles. The van der Waals surface area contributed by atoms with Crippen molar-refractivity contribution in [3.63, 3.8) is 0 Å². The molecule has 134 valence electrons. The minimum absolute atomic E-state index is 0.0605. The lowest BCUT2D eigenvalue weighted by molar-refractivity contribution is 0.0174. The van der Waals surface area contributed by atoms with Gasteiger partial charge in [0.1, 0.15) is 11.5 Å². The summed E-state index contributed by atoms with van der Waals surface area (Å²) in [6.07, 6.45) is 0. The minimum atomic E-state index is -2.88. The number of fused-ring (bicyclic) bond motifs is 1. The van der Waals surface area contributed by atoms with Gasteiger partial charge in [-0.2, -0.15) is 0 Å². The summed E-state index contributed by atoms with van der Waals surface area (Å²) >= 11 is 0. The van der Waals surface area contributed by atoms with Crippen LogP contribution in [0, 0.1) is 0 Å². The number of amides is 1. The van der Waals surface area contributed by atoms with Gasteiger partial charge in [0, 0.05) is 37.5 Å². The highest BCUT2D eigenvalue weighted by molar-refractivity contribution is 5.99. The number of halogens is 2. The fraction of sp³-hybridized carbons (Fsp3) is 0.190. The topological polar surface area (TPSA) is 29.5 Å². The first-order valence-corrected chi connectivity index (χ1v) is 8.16. The van der Waals surface area contributed by atoms with E-state index in [0.717, 1.165) is 17.7 Å². The van der Waals surface area contributed by atoms with Crippen molar-refractivity contribution in [2.24, 2.45) is 0 Å². The van der Waals surface area contributed by atoms with Crippen molar-refractivity contribution in [2.45, 2.75) is 12.8 Å². The van der Waals surface area contributed by atoms with Crippen molar-refractivity contribution in [3.05, 3.63) is 71.8 Å². The molecule has 0 spiro atoms. The molecule has 0 aliphatic carbocycles. The standard InChI is InChI=1S/C21H19F2NO2/c1-21(22,23)16-8-10-17(11-9-16)26-19-6-4-5-14-13-15(7-12-18(14)19)20(25)24(2)3/h4-13H,1-3H3. The molecule has 3 nitrogen and oxygen atoms in total. The molecule has 0 heterocycles. The molecule has 0 bridgehead atoms. The highest BCUT2D eigenvalue weighted by Gasteiger charge is 2.23. The summed E-state index contributed by atoms with van der Waals surface area (Å²) in [6.45, 7) is 0.861. The summed E-state index contributed by atoms with van der Waals surface area (Å²) in [4.78, 5) is 13.6. The lowest BCUT2D eigenvalue weighted by Gasteiger charge is -2.14. The van der Waals surface area contributed by atoms with E-state index in [2.05, 4.69) is 0 Å². The van der Waals surface area contributed by atoms with E-state index < -0.39 is 5.92 Å². The fourth-order valence-electron chi connectivity index (χ4n) is 2.68. The van der Waals surface area contributed by atoms with Gasteiger partial charge in [-0.05, 0) is 53.9 Å². The predicted octanol–water partition coefficient (Wildman–Crippen LogP) is 5.45. The normalized spacial score (nSPS) is 11.4. The van der Waals surface area contributed by atoms with Gasteiger partial charge in [-0.15, -0.1) is 0 Å². The van der Waals surface area contributed by atoms with Crippen molar-refractivity contribution >= 4 is 16.7 Å². The Morgan fingerprint density at radius 2 is 1.69 bits per heavy atom. The Bertz CT molecular complexity index is 944. The van der Waals surface area contributed by atoms with Crippen LogP contribution in [0.5, 0.6) is 11.5 Å². The number of benzene rings is 3. The average Bonchev–Trinajstić information content (AvgIpc) is 2.60. The zero-order valence-electron chi connectivity index (χ0n) is 14.8. The van der Waals surface area contributed by atoms with Gasteiger partial charge in [-0.3, -0.25) is 4.79 Å². The first-order valence-electron chi connectivity index (χ1n) is 8.16. The maximum atomic E-state index is 13.3. The molecular formula is C21H19F2NO2. The average molecular weight is 355 g/mol. The number of rotatable bonds is 4. The van der Waals surface area contributed by atoms with E-state index in [1.54, 1.807) is 26.2 Å². The third-order valence-corrected chi connectivity index (χ3v) is 4.08. The van der Waals surface area contributed by atoms with Crippen molar-refractivity contribution in [1.82, 2.24) is 4.90 Å². The lowest BCUT2D eigenvalue weighted by atomic mass is 10.1. The molecule has 0 N–H and O–H groups in total. The molecule has 0 aliphatic heterocycles. The second-order valence-corrected chi connectivity index (χ2v) is 6.41. The first-order chi connectivity index (χ1) is 12.3. The van der Waals surface area contributed by atoms with Crippen LogP contribution in [0.3, 0.4) is 0 Å². The minimum Gasteiger partial charge on any atom is -0.457 e. The van der Waals surface area contributed by atoms with E-state index in [0.29, 0.717) is 17.1 Å². The Labute approximate surface area is 150 Å². The van der Waals surface area contributed by atoms with Crippen LogP contribution in [0.1, 0.15) is 22.8 Å². The molecule has 5 heteroatoms. The Kier molecular flexibility index (Phi) is 4.64. The van der Waals surface area contributed by atoms with Gasteiger partial charge >= 0.3 is 0 Å². The maximum absolute atomic E-state index is 13.3. The van der Waals surface area contributed by atoms with Gasteiger partial charge in [0.25, 0.3) is 11.8 Å². The molecule has 26 heavy (non-hydrogen) atoms. The zero-order valence-corrected chi connectivity index (χ0v) is 14.8. The summed E-state index contributed by atoms with van der Waals surface area (Å²) in [7, 11) is 3.41. The van der Waals surface area contributed by atoms with Crippen LogP contribution in [-0.2, 0) is 5.92 Å². The van der Waals surface area contributed by atoms with Crippen LogP contribution in [0.25, 0.3) is 10.8 Å². The molecule has 0 saturated carbocycles. The van der Waals surface area contributed by atoms with Crippen molar-refractivity contribution in [1.29, 1.82) is 0 Å². The van der Waals surface area contributed by atoms with E-state index in [1.807, 2.05) is 24.3 Å². The SMILES string of the molecule is CN(C)C(=O)c1ccc2c(Oc3ccc(C(C)(F)F)cc3)cccc2c1. The maximum Gasteiger partial charge on any atom is 0.270 e. The third-order valence-electron chi connectivity index (χ3n) is 4.08. The molecule has 3 rings (SSSR count). The number of carbonyl (C=O) groups excluding carboxylic acids is 1. The van der Waals surface area contributed by atoms with Crippen LogP contribution in [-0.4, -0.2) is 24.9 Å². The summed E-state index contributed by atoms with van der Waals surface area (Å²) in [5, 5.41) is 1.71. The van der Waals surface area contributed by atoms with Crippen LogP contribution in [0.15, 0.2) is 60.7 Å². The first kappa shape index (κ1) is 17.9. The van der Waals surface area contributed by atoms with Crippen LogP contribution in [0.4, 0.5) is 8.78 Å². The van der Waals surface area contributed by atoms with E-state index in [1.165, 1.54) is 29.2 Å².